The smallest absolute Gasteiger partial charge is 0.272 e. The van der Waals surface area contributed by atoms with Crippen molar-refractivity contribution in [3.8, 4) is 11.8 Å². The predicted octanol–water partition coefficient (Wildman–Crippen LogP) is 3.83. The summed E-state index contributed by atoms with van der Waals surface area (Å²) in [5.41, 5.74) is 6.17. The van der Waals surface area contributed by atoms with Crippen LogP contribution in [0.1, 0.15) is 48.2 Å². The minimum absolute atomic E-state index is 0.0303. The molecule has 0 bridgehead atoms. The lowest BCUT2D eigenvalue weighted by molar-refractivity contribution is -0.133. The number of alkyl halides is 2. The zero-order chi connectivity index (χ0) is 27.8. The lowest BCUT2D eigenvalue weighted by Crippen LogP contribution is -2.44. The lowest BCUT2D eigenvalue weighted by atomic mass is 9.96. The number of hydrogen-bond donors (Lipinski definition) is 2. The number of nitrogens with zero attached hydrogens (tertiary/aromatic N) is 5. The van der Waals surface area contributed by atoms with Crippen molar-refractivity contribution in [1.29, 1.82) is 5.26 Å². The van der Waals surface area contributed by atoms with Crippen molar-refractivity contribution in [2.24, 2.45) is 5.10 Å². The van der Waals surface area contributed by atoms with Gasteiger partial charge in [-0.1, -0.05) is 24.3 Å². The van der Waals surface area contributed by atoms with Crippen LogP contribution in [0.25, 0.3) is 16.7 Å². The molecular formula is C29H28F2N6O3. The molecule has 0 spiro atoms. The van der Waals surface area contributed by atoms with E-state index in [0.29, 0.717) is 49.2 Å². The van der Waals surface area contributed by atoms with Gasteiger partial charge in [0.25, 0.3) is 6.43 Å². The molecule has 0 unspecified atom stereocenters. The van der Waals surface area contributed by atoms with Gasteiger partial charge < -0.3 is 19.7 Å². The standard InChI is InChI=1S/C29H28F2N6O3/c30-26(31)16-40-25-12-24-23(11-18(25)14-32)33-27(34-24)13-22-20-3-1-2-4-21(20)29(17-5-6-17)37(35-22)15-28(39)36-9-7-19(38)8-10-36/h1-4,11-12,19,26,38H,5-10,13,15-16H2,(H,33,34). The van der Waals surface area contributed by atoms with Crippen LogP contribution in [-0.4, -0.2) is 75.4 Å². The van der Waals surface area contributed by atoms with E-state index < -0.39 is 13.0 Å². The van der Waals surface area contributed by atoms with E-state index in [1.807, 2.05) is 30.3 Å². The van der Waals surface area contributed by atoms with E-state index in [1.165, 1.54) is 11.6 Å². The van der Waals surface area contributed by atoms with Gasteiger partial charge in [0.15, 0.2) is 0 Å². The number of allylic oxidation sites excluding steroid dienone is 1. The van der Waals surface area contributed by atoms with E-state index in [-0.39, 0.29) is 29.9 Å². The van der Waals surface area contributed by atoms with Gasteiger partial charge in [-0.2, -0.15) is 10.4 Å². The number of amides is 1. The fourth-order valence-corrected chi connectivity index (χ4v) is 5.28. The van der Waals surface area contributed by atoms with Crippen LogP contribution < -0.4 is 4.74 Å². The molecular weight excluding hydrogens is 518 g/mol. The van der Waals surface area contributed by atoms with Gasteiger partial charge in [0.1, 0.15) is 30.8 Å². The average Bonchev–Trinajstić information content (AvgIpc) is 3.70. The summed E-state index contributed by atoms with van der Waals surface area (Å²) in [6.07, 6.45) is 0.389. The number of benzene rings is 2. The van der Waals surface area contributed by atoms with Gasteiger partial charge in [-0.3, -0.25) is 9.80 Å². The van der Waals surface area contributed by atoms with E-state index >= 15 is 0 Å². The molecule has 0 atom stereocenters. The minimum atomic E-state index is -2.66. The van der Waals surface area contributed by atoms with E-state index in [0.717, 1.165) is 35.4 Å². The molecule has 1 aliphatic carbocycles. The van der Waals surface area contributed by atoms with Crippen LogP contribution in [0, 0.1) is 11.3 Å². The molecule has 1 aromatic heterocycles. The van der Waals surface area contributed by atoms with Gasteiger partial charge in [0, 0.05) is 30.3 Å². The number of carbonyl (C=O) groups is 1. The Balaban J connectivity index is 1.31. The fourth-order valence-electron chi connectivity index (χ4n) is 5.28. The summed E-state index contributed by atoms with van der Waals surface area (Å²) in [7, 11) is 0. The predicted molar refractivity (Wildman–Crippen MR) is 144 cm³/mol. The molecule has 0 radical (unpaired) electrons. The van der Waals surface area contributed by atoms with Gasteiger partial charge in [-0.25, -0.2) is 13.8 Å². The van der Waals surface area contributed by atoms with Crippen LogP contribution in [0.3, 0.4) is 0 Å². The number of hydrogen-bond acceptors (Lipinski definition) is 7. The summed E-state index contributed by atoms with van der Waals surface area (Å²) >= 11 is 0. The molecule has 40 heavy (non-hydrogen) atoms. The Morgan fingerprint density at radius 1 is 1.20 bits per heavy atom. The molecule has 2 aromatic carbocycles. The molecule has 1 saturated carbocycles. The summed E-state index contributed by atoms with van der Waals surface area (Å²) in [6, 6.07) is 13.0. The number of aliphatic hydroxyl groups excluding tert-OH is 1. The number of imidazole rings is 1. The SMILES string of the molecule is N#Cc1cc2[nH]c(CC3=NN(CC(=O)N4CCC(O)CC4)C(=C4CC4)c4ccccc43)nc2cc1OCC(F)F. The van der Waals surface area contributed by atoms with Crippen molar-refractivity contribution in [2.75, 3.05) is 26.2 Å². The Morgan fingerprint density at radius 2 is 1.95 bits per heavy atom. The molecule has 2 aliphatic heterocycles. The van der Waals surface area contributed by atoms with E-state index in [9.17, 15) is 23.9 Å². The van der Waals surface area contributed by atoms with Crippen molar-refractivity contribution in [3.05, 3.63) is 64.5 Å². The minimum Gasteiger partial charge on any atom is -0.486 e. The number of likely N-dealkylation sites (tertiary alicyclic amines) is 1. The third-order valence-corrected chi connectivity index (χ3v) is 7.38. The number of aliphatic hydroxyl groups is 1. The summed E-state index contributed by atoms with van der Waals surface area (Å²) in [5, 5.41) is 26.1. The first kappa shape index (κ1) is 26.0. The molecule has 1 amide bonds. The summed E-state index contributed by atoms with van der Waals surface area (Å²) in [6.45, 7) is 0.345. The van der Waals surface area contributed by atoms with Crippen LogP contribution in [0.5, 0.6) is 5.75 Å². The molecule has 11 heteroatoms. The van der Waals surface area contributed by atoms with Crippen LogP contribution in [-0.2, 0) is 11.2 Å². The lowest BCUT2D eigenvalue weighted by Gasteiger charge is -2.34. The number of aromatic amines is 1. The number of rotatable bonds is 7. The highest BCUT2D eigenvalue weighted by atomic mass is 19.3. The maximum Gasteiger partial charge on any atom is 0.272 e. The van der Waals surface area contributed by atoms with Gasteiger partial charge in [0.05, 0.1) is 40.5 Å². The first-order valence-corrected chi connectivity index (χ1v) is 13.4. The molecule has 3 aliphatic rings. The van der Waals surface area contributed by atoms with Crippen LogP contribution in [0.4, 0.5) is 8.78 Å². The Hall–Kier alpha value is -4.30. The van der Waals surface area contributed by atoms with E-state index in [2.05, 4.69) is 9.97 Å². The van der Waals surface area contributed by atoms with Crippen molar-refractivity contribution in [1.82, 2.24) is 19.9 Å². The first-order chi connectivity index (χ1) is 19.4. The number of nitriles is 1. The Bertz CT molecular complexity index is 1560. The molecule has 2 fully saturated rings. The first-order valence-electron chi connectivity index (χ1n) is 13.4. The number of H-pyrrole nitrogens is 1. The van der Waals surface area contributed by atoms with Crippen LogP contribution >= 0.6 is 0 Å². The zero-order valence-electron chi connectivity index (χ0n) is 21.7. The number of aromatic nitrogens is 2. The molecule has 9 nitrogen and oxygen atoms in total. The topological polar surface area (TPSA) is 118 Å². The van der Waals surface area contributed by atoms with Gasteiger partial charge in [0.2, 0.25) is 5.91 Å². The zero-order valence-corrected chi connectivity index (χ0v) is 21.7. The van der Waals surface area contributed by atoms with Crippen LogP contribution in [0.15, 0.2) is 47.1 Å². The second-order valence-electron chi connectivity index (χ2n) is 10.3. The molecule has 206 valence electrons. The summed E-state index contributed by atoms with van der Waals surface area (Å²) in [4.78, 5) is 22.9. The largest absolute Gasteiger partial charge is 0.486 e. The number of fused-ring (bicyclic) bond motifs is 2. The number of carbonyl (C=O) groups excluding carboxylic acids is 1. The van der Waals surface area contributed by atoms with E-state index in [1.54, 1.807) is 16.0 Å². The Kier molecular flexibility index (Phi) is 6.94. The molecule has 3 aromatic rings. The highest BCUT2D eigenvalue weighted by Crippen LogP contribution is 2.42. The average molecular weight is 547 g/mol. The van der Waals surface area contributed by atoms with Crippen molar-refractivity contribution in [3.63, 3.8) is 0 Å². The van der Waals surface area contributed by atoms with Crippen LogP contribution in [0.2, 0.25) is 0 Å². The third-order valence-electron chi connectivity index (χ3n) is 7.38. The van der Waals surface area contributed by atoms with Crippen molar-refractivity contribution in [2.45, 2.75) is 44.6 Å². The Morgan fingerprint density at radius 3 is 2.65 bits per heavy atom. The maximum absolute atomic E-state index is 13.3. The van der Waals surface area contributed by atoms with Gasteiger partial charge in [-0.05, 0) is 37.3 Å². The van der Waals surface area contributed by atoms with Crippen molar-refractivity contribution < 1.29 is 23.4 Å². The normalized spacial score (nSPS) is 17.2. The highest BCUT2D eigenvalue weighted by Gasteiger charge is 2.33. The quantitative estimate of drug-likeness (QED) is 0.465. The monoisotopic (exact) mass is 546 g/mol. The molecule has 1 saturated heterocycles. The van der Waals surface area contributed by atoms with Gasteiger partial charge >= 0.3 is 0 Å². The molecule has 3 heterocycles. The number of piperidine rings is 1. The second kappa shape index (κ2) is 10.7. The maximum atomic E-state index is 13.3. The summed E-state index contributed by atoms with van der Waals surface area (Å²) in [5.74, 6) is 0.610. The van der Waals surface area contributed by atoms with E-state index in [4.69, 9.17) is 9.84 Å². The second-order valence-corrected chi connectivity index (χ2v) is 10.3. The fraction of sp³-hybridized carbons (Fsp3) is 0.379. The van der Waals surface area contributed by atoms with Gasteiger partial charge in [-0.15, -0.1) is 0 Å². The highest BCUT2D eigenvalue weighted by molar-refractivity contribution is 6.07. The number of ether oxygens (including phenoxy) is 1. The number of halogens is 2. The number of hydrazone groups is 1. The summed E-state index contributed by atoms with van der Waals surface area (Å²) < 4.78 is 30.5. The Labute approximate surface area is 229 Å². The third kappa shape index (κ3) is 5.27. The molecule has 6 rings (SSSR count). The van der Waals surface area contributed by atoms with Crippen molar-refractivity contribution >= 4 is 28.3 Å². The number of nitrogens with one attached hydrogen (secondary N) is 1. The molecule has 2 N–H and O–H groups in total.